The summed E-state index contributed by atoms with van der Waals surface area (Å²) in [6.45, 7) is 7.00. The van der Waals surface area contributed by atoms with Crippen molar-refractivity contribution in [2.75, 3.05) is 60.7 Å². The zero-order valence-corrected chi connectivity index (χ0v) is 20.4. The van der Waals surface area contributed by atoms with Gasteiger partial charge in [0.15, 0.2) is 17.5 Å². The smallest absolute Gasteiger partial charge is 0.243 e. The van der Waals surface area contributed by atoms with Crippen molar-refractivity contribution in [3.63, 3.8) is 0 Å². The minimum Gasteiger partial charge on any atom is -0.490 e. The lowest BCUT2D eigenvalue weighted by Crippen LogP contribution is -2.40. The van der Waals surface area contributed by atoms with Crippen LogP contribution in [0.15, 0.2) is 23.2 Å². The van der Waals surface area contributed by atoms with E-state index < -0.39 is 0 Å². The Morgan fingerprint density at radius 1 is 1.07 bits per heavy atom. The molecule has 8 nitrogen and oxygen atoms in total. The van der Waals surface area contributed by atoms with Gasteiger partial charge < -0.3 is 29.7 Å². The normalized spacial score (nSPS) is 10.7. The molecule has 0 fully saturated rings. The van der Waals surface area contributed by atoms with Crippen molar-refractivity contribution >= 4 is 35.8 Å². The minimum atomic E-state index is -0.0549. The van der Waals surface area contributed by atoms with E-state index in [-0.39, 0.29) is 36.4 Å². The Morgan fingerprint density at radius 3 is 2.34 bits per heavy atom. The van der Waals surface area contributed by atoms with Crippen LogP contribution in [0.5, 0.6) is 11.5 Å². The van der Waals surface area contributed by atoms with Gasteiger partial charge in [0.1, 0.15) is 6.54 Å². The van der Waals surface area contributed by atoms with Crippen LogP contribution >= 0.6 is 24.0 Å². The number of halogens is 1. The summed E-state index contributed by atoms with van der Waals surface area (Å²) < 4.78 is 16.3. The maximum absolute atomic E-state index is 11.8. The number of aliphatic imine (C=N–C) groups is 1. The number of carbonyl (C=O) groups is 1. The van der Waals surface area contributed by atoms with E-state index in [1.165, 1.54) is 4.90 Å². The van der Waals surface area contributed by atoms with E-state index in [0.717, 1.165) is 23.5 Å². The molecule has 0 aliphatic rings. The predicted octanol–water partition coefficient (Wildman–Crippen LogP) is 1.91. The SMILES string of the molecule is CCOc1ccc(CCNC(=NCC(=O)N(C)C)NCCOC)cc1OCC.I. The Labute approximate surface area is 191 Å². The van der Waals surface area contributed by atoms with E-state index in [0.29, 0.717) is 38.9 Å². The molecule has 1 rings (SSSR count). The zero-order valence-electron chi connectivity index (χ0n) is 18.1. The summed E-state index contributed by atoms with van der Waals surface area (Å²) in [6, 6.07) is 5.96. The van der Waals surface area contributed by atoms with Gasteiger partial charge in [0, 0.05) is 34.3 Å². The van der Waals surface area contributed by atoms with Crippen LogP contribution in [-0.2, 0) is 16.0 Å². The molecule has 0 aliphatic carbocycles. The Hall–Kier alpha value is -1.75. The van der Waals surface area contributed by atoms with Crippen molar-refractivity contribution in [3.05, 3.63) is 23.8 Å². The van der Waals surface area contributed by atoms with Gasteiger partial charge in [-0.15, -0.1) is 24.0 Å². The number of amides is 1. The molecule has 0 spiro atoms. The number of methoxy groups -OCH3 is 1. The lowest BCUT2D eigenvalue weighted by atomic mass is 10.1. The number of hydrogen-bond donors (Lipinski definition) is 2. The Morgan fingerprint density at radius 2 is 1.72 bits per heavy atom. The van der Waals surface area contributed by atoms with E-state index in [9.17, 15) is 4.79 Å². The molecule has 0 atom stereocenters. The summed E-state index contributed by atoms with van der Waals surface area (Å²) in [5.74, 6) is 2.04. The Bertz CT molecular complexity index is 626. The molecule has 0 heterocycles. The number of ether oxygens (including phenoxy) is 3. The van der Waals surface area contributed by atoms with Gasteiger partial charge in [-0.1, -0.05) is 6.07 Å². The van der Waals surface area contributed by atoms with E-state index in [4.69, 9.17) is 14.2 Å². The van der Waals surface area contributed by atoms with Gasteiger partial charge in [0.05, 0.1) is 19.8 Å². The third-order valence-corrected chi connectivity index (χ3v) is 3.78. The van der Waals surface area contributed by atoms with Crippen molar-refractivity contribution < 1.29 is 19.0 Å². The molecule has 1 aromatic carbocycles. The van der Waals surface area contributed by atoms with Gasteiger partial charge in [-0.2, -0.15) is 0 Å². The number of rotatable bonds is 12. The number of carbonyl (C=O) groups excluding carboxylic acids is 1. The van der Waals surface area contributed by atoms with Gasteiger partial charge in [-0.3, -0.25) is 4.79 Å². The van der Waals surface area contributed by atoms with Crippen LogP contribution < -0.4 is 20.1 Å². The van der Waals surface area contributed by atoms with E-state index in [1.807, 2.05) is 32.0 Å². The van der Waals surface area contributed by atoms with Gasteiger partial charge in [-0.25, -0.2) is 4.99 Å². The van der Waals surface area contributed by atoms with E-state index >= 15 is 0 Å². The standard InChI is InChI=1S/C20H34N4O4.HI/c1-6-27-17-9-8-16(14-18(17)28-7-2)10-11-21-20(22-12-13-26-5)23-15-19(25)24(3)4;/h8-9,14H,6-7,10-13,15H2,1-5H3,(H2,21,22,23);1H. The molecule has 0 radical (unpaired) electrons. The first-order chi connectivity index (χ1) is 13.5. The molecule has 1 aromatic rings. The number of hydrogen-bond acceptors (Lipinski definition) is 5. The first-order valence-electron chi connectivity index (χ1n) is 9.61. The van der Waals surface area contributed by atoms with Crippen molar-refractivity contribution in [1.82, 2.24) is 15.5 Å². The van der Waals surface area contributed by atoms with Crippen LogP contribution in [0, 0.1) is 0 Å². The van der Waals surface area contributed by atoms with E-state index in [1.54, 1.807) is 21.2 Å². The number of nitrogens with one attached hydrogen (secondary N) is 2. The number of guanidine groups is 1. The summed E-state index contributed by atoms with van der Waals surface area (Å²) in [5.41, 5.74) is 1.13. The third-order valence-electron chi connectivity index (χ3n) is 3.78. The molecule has 0 saturated heterocycles. The second-order valence-corrected chi connectivity index (χ2v) is 6.20. The fraction of sp³-hybridized carbons (Fsp3) is 0.600. The lowest BCUT2D eigenvalue weighted by Gasteiger charge is -2.15. The quantitative estimate of drug-likeness (QED) is 0.189. The lowest BCUT2D eigenvalue weighted by molar-refractivity contribution is -0.127. The van der Waals surface area contributed by atoms with E-state index in [2.05, 4.69) is 15.6 Å². The van der Waals surface area contributed by atoms with Crippen LogP contribution in [0.4, 0.5) is 0 Å². The van der Waals surface area contributed by atoms with Gasteiger partial charge in [0.2, 0.25) is 5.91 Å². The summed E-state index contributed by atoms with van der Waals surface area (Å²) in [5, 5.41) is 6.41. The summed E-state index contributed by atoms with van der Waals surface area (Å²) in [4.78, 5) is 17.6. The predicted molar refractivity (Wildman–Crippen MR) is 127 cm³/mol. The molecule has 0 unspecified atom stereocenters. The second-order valence-electron chi connectivity index (χ2n) is 6.20. The molecule has 166 valence electrons. The largest absolute Gasteiger partial charge is 0.490 e. The number of likely N-dealkylation sites (N-methyl/N-ethyl adjacent to an activating group) is 1. The van der Waals surface area contributed by atoms with Crippen LogP contribution in [0.1, 0.15) is 19.4 Å². The Balaban J connectivity index is 0.00000784. The average molecular weight is 522 g/mol. The fourth-order valence-corrected chi connectivity index (χ4v) is 2.31. The summed E-state index contributed by atoms with van der Waals surface area (Å²) in [7, 11) is 5.07. The highest BCUT2D eigenvalue weighted by atomic mass is 127. The number of nitrogens with zero attached hydrogens (tertiary/aromatic N) is 2. The molecular weight excluding hydrogens is 487 g/mol. The van der Waals surface area contributed by atoms with Crippen molar-refractivity contribution in [1.29, 1.82) is 0 Å². The highest BCUT2D eigenvalue weighted by Gasteiger charge is 2.07. The Kier molecular flexibility index (Phi) is 15.1. The number of benzene rings is 1. The monoisotopic (exact) mass is 522 g/mol. The molecule has 0 saturated carbocycles. The van der Waals surface area contributed by atoms with Crippen LogP contribution in [0.3, 0.4) is 0 Å². The van der Waals surface area contributed by atoms with Gasteiger partial charge in [0.25, 0.3) is 0 Å². The fourth-order valence-electron chi connectivity index (χ4n) is 2.31. The highest BCUT2D eigenvalue weighted by molar-refractivity contribution is 14.0. The zero-order chi connectivity index (χ0) is 20.8. The molecule has 0 bridgehead atoms. The first-order valence-corrected chi connectivity index (χ1v) is 9.61. The second kappa shape index (κ2) is 16.1. The van der Waals surface area contributed by atoms with Gasteiger partial charge in [-0.05, 0) is 38.0 Å². The molecule has 9 heteroatoms. The van der Waals surface area contributed by atoms with Crippen LogP contribution in [0.25, 0.3) is 0 Å². The van der Waals surface area contributed by atoms with Gasteiger partial charge >= 0.3 is 0 Å². The molecule has 29 heavy (non-hydrogen) atoms. The average Bonchev–Trinajstić information content (AvgIpc) is 2.67. The van der Waals surface area contributed by atoms with Crippen molar-refractivity contribution in [3.8, 4) is 11.5 Å². The first kappa shape index (κ1) is 27.2. The van der Waals surface area contributed by atoms with Crippen molar-refractivity contribution in [2.24, 2.45) is 4.99 Å². The topological polar surface area (TPSA) is 84.4 Å². The maximum atomic E-state index is 11.8. The summed E-state index contributed by atoms with van der Waals surface area (Å²) >= 11 is 0. The summed E-state index contributed by atoms with van der Waals surface area (Å²) in [6.07, 6.45) is 0.777. The van der Waals surface area contributed by atoms with Crippen LogP contribution in [-0.4, -0.2) is 77.4 Å². The molecule has 0 aliphatic heterocycles. The minimum absolute atomic E-state index is 0. The van der Waals surface area contributed by atoms with Crippen molar-refractivity contribution in [2.45, 2.75) is 20.3 Å². The maximum Gasteiger partial charge on any atom is 0.243 e. The molecule has 1 amide bonds. The third kappa shape index (κ3) is 11.1. The molecule has 2 N–H and O–H groups in total. The molecule has 0 aromatic heterocycles. The van der Waals surface area contributed by atoms with Crippen LogP contribution in [0.2, 0.25) is 0 Å². The molecular formula is C20H35IN4O4. The highest BCUT2D eigenvalue weighted by Crippen LogP contribution is 2.28.